The van der Waals surface area contributed by atoms with Gasteiger partial charge in [-0.05, 0) is 72.9 Å². The third-order valence-corrected chi connectivity index (χ3v) is 6.46. The molecular weight excluding hydrogens is 484 g/mol. The normalized spacial score (nSPS) is 17.9. The third kappa shape index (κ3) is 3.78. The van der Waals surface area contributed by atoms with E-state index < -0.39 is 0 Å². The van der Waals surface area contributed by atoms with E-state index >= 15 is 0 Å². The summed E-state index contributed by atoms with van der Waals surface area (Å²) in [4.78, 5) is 6.82. The van der Waals surface area contributed by atoms with Gasteiger partial charge in [-0.3, -0.25) is 4.98 Å². The number of halogens is 1. The summed E-state index contributed by atoms with van der Waals surface area (Å²) in [5, 5.41) is 4.19. The molecule has 0 amide bonds. The number of hydrogen-bond donors (Lipinski definition) is 1. The topological polar surface area (TPSA) is 42.3 Å². The monoisotopic (exact) mass is 504 g/mol. The minimum absolute atomic E-state index is 0.0974. The lowest BCUT2D eigenvalue weighted by Crippen LogP contribution is -2.30. The maximum absolute atomic E-state index is 5.83. The molecule has 1 fully saturated rings. The minimum Gasteiger partial charge on any atom is -0.497 e. The third-order valence-electron chi connectivity index (χ3n) is 5.62. The molecule has 0 radical (unpaired) electrons. The molecule has 2 aromatic carbocycles. The maximum atomic E-state index is 5.83. The van der Waals surface area contributed by atoms with E-state index in [-0.39, 0.29) is 12.1 Å². The van der Waals surface area contributed by atoms with Gasteiger partial charge in [0.15, 0.2) is 5.11 Å². The molecule has 1 N–H and O–H groups in total. The first-order valence-electron chi connectivity index (χ1n) is 10.2. The number of aromatic nitrogens is 2. The first-order chi connectivity index (χ1) is 15.7. The number of thiocarbonyl (C=S) groups is 1. The Balaban J connectivity index is 1.66. The fraction of sp³-hybridized carbons (Fsp3) is 0.120. The van der Waals surface area contributed by atoms with Crippen LogP contribution in [-0.2, 0) is 0 Å². The number of anilines is 1. The van der Waals surface area contributed by atoms with Crippen LogP contribution in [-0.4, -0.2) is 21.8 Å². The molecule has 0 bridgehead atoms. The summed E-state index contributed by atoms with van der Waals surface area (Å²) in [6.45, 7) is 0. The van der Waals surface area contributed by atoms with E-state index in [4.69, 9.17) is 17.0 Å². The van der Waals surface area contributed by atoms with Crippen molar-refractivity contribution in [1.82, 2.24) is 14.9 Å². The quantitative estimate of drug-likeness (QED) is 0.346. The van der Waals surface area contributed by atoms with E-state index in [0.717, 1.165) is 33.0 Å². The summed E-state index contributed by atoms with van der Waals surface area (Å²) in [6, 6.07) is 26.2. The van der Waals surface area contributed by atoms with Crippen molar-refractivity contribution in [2.24, 2.45) is 0 Å². The van der Waals surface area contributed by atoms with Crippen LogP contribution in [0.1, 0.15) is 23.5 Å². The molecule has 4 aromatic rings. The number of ether oxygens (including phenoxy) is 1. The Morgan fingerprint density at radius 3 is 2.56 bits per heavy atom. The van der Waals surface area contributed by atoms with Gasteiger partial charge in [0.05, 0.1) is 18.8 Å². The minimum atomic E-state index is -0.105. The molecule has 0 unspecified atom stereocenters. The van der Waals surface area contributed by atoms with Gasteiger partial charge in [0.1, 0.15) is 11.8 Å². The molecule has 1 aliphatic heterocycles. The predicted molar refractivity (Wildman–Crippen MR) is 134 cm³/mol. The maximum Gasteiger partial charge on any atom is 0.174 e. The number of benzene rings is 2. The van der Waals surface area contributed by atoms with E-state index in [2.05, 4.69) is 72.2 Å². The molecule has 5 rings (SSSR count). The van der Waals surface area contributed by atoms with Crippen molar-refractivity contribution < 1.29 is 4.74 Å². The highest BCUT2D eigenvalue weighted by Gasteiger charge is 2.42. The zero-order chi connectivity index (χ0) is 22.1. The van der Waals surface area contributed by atoms with Crippen LogP contribution < -0.4 is 15.0 Å². The van der Waals surface area contributed by atoms with E-state index in [1.807, 2.05) is 54.7 Å². The Morgan fingerprint density at radius 2 is 1.81 bits per heavy atom. The van der Waals surface area contributed by atoms with E-state index in [9.17, 15) is 0 Å². The average Bonchev–Trinajstić information content (AvgIpc) is 3.44. The molecule has 5 nitrogen and oxygen atoms in total. The van der Waals surface area contributed by atoms with Crippen LogP contribution in [0.3, 0.4) is 0 Å². The lowest BCUT2D eigenvalue weighted by molar-refractivity contribution is 0.414. The summed E-state index contributed by atoms with van der Waals surface area (Å²) in [6.07, 6.45) is 3.89. The van der Waals surface area contributed by atoms with Crippen LogP contribution in [0.25, 0.3) is 5.69 Å². The fourth-order valence-electron chi connectivity index (χ4n) is 4.17. The van der Waals surface area contributed by atoms with E-state index in [0.29, 0.717) is 5.11 Å². The van der Waals surface area contributed by atoms with Crippen molar-refractivity contribution in [2.45, 2.75) is 12.1 Å². The number of rotatable bonds is 5. The number of nitrogens with zero attached hydrogens (tertiary/aromatic N) is 3. The van der Waals surface area contributed by atoms with Crippen LogP contribution in [0.5, 0.6) is 5.75 Å². The molecule has 0 aliphatic carbocycles. The highest BCUT2D eigenvalue weighted by atomic mass is 79.9. The molecule has 2 aromatic heterocycles. The Morgan fingerprint density at radius 1 is 0.969 bits per heavy atom. The SMILES string of the molecule is COc1cccc(-n2cccc2[C@@H]2[C@@H](c3ccccn3)NC(=S)N2c2ccc(Br)cc2)c1. The van der Waals surface area contributed by atoms with Crippen LogP contribution >= 0.6 is 28.1 Å². The predicted octanol–water partition coefficient (Wildman–Crippen LogP) is 5.82. The molecule has 160 valence electrons. The number of hydrogen-bond acceptors (Lipinski definition) is 3. The van der Waals surface area contributed by atoms with Gasteiger partial charge >= 0.3 is 0 Å². The molecule has 7 heteroatoms. The molecule has 1 aliphatic rings. The van der Waals surface area contributed by atoms with Gasteiger partial charge in [-0.1, -0.05) is 28.1 Å². The molecular formula is C25H21BrN4OS. The lowest BCUT2D eigenvalue weighted by Gasteiger charge is -2.29. The Kier molecular flexibility index (Phi) is 5.68. The molecule has 2 atom stereocenters. The number of methoxy groups -OCH3 is 1. The van der Waals surface area contributed by atoms with Crippen molar-refractivity contribution in [3.8, 4) is 11.4 Å². The number of pyridine rings is 1. The standard InChI is InChI=1S/C25H21BrN4OS/c1-31-20-7-4-6-19(16-20)29-15-5-9-22(29)24-23(21-8-2-3-14-27-21)28-25(32)30(24)18-12-10-17(26)11-13-18/h2-16,23-24H,1H3,(H,28,32)/t23-,24-/m1/s1. The summed E-state index contributed by atoms with van der Waals surface area (Å²) in [7, 11) is 1.68. The fourth-order valence-corrected chi connectivity index (χ4v) is 4.78. The van der Waals surface area contributed by atoms with Gasteiger partial charge in [-0.25, -0.2) is 0 Å². The van der Waals surface area contributed by atoms with Crippen molar-refractivity contribution in [2.75, 3.05) is 12.0 Å². The average molecular weight is 505 g/mol. The van der Waals surface area contributed by atoms with Gasteiger partial charge in [0.25, 0.3) is 0 Å². The van der Waals surface area contributed by atoms with Crippen molar-refractivity contribution in [1.29, 1.82) is 0 Å². The van der Waals surface area contributed by atoms with Crippen LogP contribution in [0.2, 0.25) is 0 Å². The smallest absolute Gasteiger partial charge is 0.174 e. The summed E-state index contributed by atoms with van der Waals surface area (Å²) in [5.74, 6) is 0.813. The van der Waals surface area contributed by atoms with E-state index in [1.165, 1.54) is 0 Å². The second kappa shape index (κ2) is 8.76. The largest absolute Gasteiger partial charge is 0.497 e. The summed E-state index contributed by atoms with van der Waals surface area (Å²) in [5.41, 5.74) is 4.09. The van der Waals surface area contributed by atoms with Crippen LogP contribution in [0.15, 0.2) is 95.7 Å². The summed E-state index contributed by atoms with van der Waals surface area (Å²) >= 11 is 9.36. The Labute approximate surface area is 200 Å². The van der Waals surface area contributed by atoms with E-state index in [1.54, 1.807) is 7.11 Å². The van der Waals surface area contributed by atoms with Crippen LogP contribution in [0, 0.1) is 0 Å². The van der Waals surface area contributed by atoms with Crippen molar-refractivity contribution in [3.63, 3.8) is 0 Å². The second-order valence-corrected chi connectivity index (χ2v) is 8.78. The lowest BCUT2D eigenvalue weighted by atomic mass is 10.0. The Hall–Kier alpha value is -3.16. The van der Waals surface area contributed by atoms with Gasteiger partial charge in [-0.2, -0.15) is 0 Å². The second-order valence-electron chi connectivity index (χ2n) is 7.48. The summed E-state index contributed by atoms with van der Waals surface area (Å²) < 4.78 is 8.67. The Bertz CT molecular complexity index is 1240. The molecule has 0 spiro atoms. The van der Waals surface area contributed by atoms with Crippen LogP contribution in [0.4, 0.5) is 5.69 Å². The highest BCUT2D eigenvalue weighted by Crippen LogP contribution is 2.42. The van der Waals surface area contributed by atoms with Gasteiger partial charge in [0.2, 0.25) is 0 Å². The molecule has 0 saturated carbocycles. The van der Waals surface area contributed by atoms with Gasteiger partial charge in [0, 0.05) is 40.0 Å². The van der Waals surface area contributed by atoms with Crippen molar-refractivity contribution in [3.05, 3.63) is 107 Å². The zero-order valence-corrected chi connectivity index (χ0v) is 19.8. The number of nitrogens with one attached hydrogen (secondary N) is 1. The molecule has 1 saturated heterocycles. The van der Waals surface area contributed by atoms with Crippen molar-refractivity contribution >= 4 is 38.9 Å². The van der Waals surface area contributed by atoms with Gasteiger partial charge in [-0.15, -0.1) is 0 Å². The molecule has 3 heterocycles. The first-order valence-corrected chi connectivity index (χ1v) is 11.4. The molecule has 32 heavy (non-hydrogen) atoms. The van der Waals surface area contributed by atoms with Gasteiger partial charge < -0.3 is 19.5 Å². The zero-order valence-electron chi connectivity index (χ0n) is 17.4. The first kappa shape index (κ1) is 20.7. The highest BCUT2D eigenvalue weighted by molar-refractivity contribution is 9.10.